The van der Waals surface area contributed by atoms with Crippen molar-refractivity contribution in [1.29, 1.82) is 0 Å². The molecule has 0 saturated heterocycles. The molecule has 0 atom stereocenters. The van der Waals surface area contributed by atoms with E-state index in [1.54, 1.807) is 91.0 Å². The van der Waals surface area contributed by atoms with Crippen molar-refractivity contribution in [2.45, 2.75) is 136 Å². The molecule has 0 radical (unpaired) electrons. The van der Waals surface area contributed by atoms with E-state index < -0.39 is 31.7 Å². The first-order chi connectivity index (χ1) is 24.3. The molecular formula is C40H56BrF2O5S2+. The van der Waals surface area contributed by atoms with Crippen LogP contribution < -0.4 is 0 Å². The Morgan fingerprint density at radius 1 is 0.540 bits per heavy atom. The van der Waals surface area contributed by atoms with Gasteiger partial charge in [-0.3, -0.25) is 3.63 Å². The van der Waals surface area contributed by atoms with Gasteiger partial charge in [-0.2, -0.15) is 8.78 Å². The number of rotatable bonds is 27. The van der Waals surface area contributed by atoms with Gasteiger partial charge in [-0.15, -0.1) is 8.42 Å². The Kier molecular flexibility index (Phi) is 19.7. The second-order valence-electron chi connectivity index (χ2n) is 12.8. The van der Waals surface area contributed by atoms with E-state index in [4.69, 9.17) is 4.74 Å². The summed E-state index contributed by atoms with van der Waals surface area (Å²) >= 11 is 3.49. The number of carbonyl (C=O) groups excluding carboxylic acids is 1. The number of unbranched alkanes of at least 4 members (excludes halogenated alkanes) is 17. The fraction of sp³-hybridized carbons (Fsp3) is 0.525. The Labute approximate surface area is 309 Å². The number of alkyl halides is 3. The summed E-state index contributed by atoms with van der Waals surface area (Å²) in [7, 11) is -8.80. The van der Waals surface area contributed by atoms with Gasteiger partial charge in [0.2, 0.25) is 0 Å². The second-order valence-corrected chi connectivity index (χ2v) is 18.2. The predicted molar refractivity (Wildman–Crippen MR) is 206 cm³/mol. The van der Waals surface area contributed by atoms with Crippen LogP contribution >= 0.6 is 26.2 Å². The fourth-order valence-corrected chi connectivity index (χ4v) is 11.7. The summed E-state index contributed by atoms with van der Waals surface area (Å²) in [5, 5.41) is -3.73. The van der Waals surface area contributed by atoms with Gasteiger partial charge in [0.15, 0.2) is 0 Å². The van der Waals surface area contributed by atoms with Gasteiger partial charge in [-0.1, -0.05) is 173 Å². The molecule has 0 bridgehead atoms. The molecule has 3 aromatic carbocycles. The van der Waals surface area contributed by atoms with E-state index in [0.717, 1.165) is 31.0 Å². The molecular weight excluding hydrogens is 742 g/mol. The predicted octanol–water partition coefficient (Wildman–Crippen LogP) is 12.9. The smallest absolute Gasteiger partial charge is 0.460 e. The largest absolute Gasteiger partial charge is 0.514 e. The van der Waals surface area contributed by atoms with E-state index in [0.29, 0.717) is 21.1 Å². The SMILES string of the molecule is O=C(OCCCCCCCCCCCCCCCCCCCCBr)C(F)(F)S(=O)(=O)[OH+]S(c1ccccc1)(c1ccccc1)c1ccccc1. The number of benzene rings is 3. The van der Waals surface area contributed by atoms with E-state index >= 15 is 8.78 Å². The minimum Gasteiger partial charge on any atom is -0.460 e. The van der Waals surface area contributed by atoms with Crippen LogP contribution in [0, 0.1) is 0 Å². The number of ether oxygens (including phenoxy) is 1. The third-order valence-corrected chi connectivity index (χ3v) is 14.7. The van der Waals surface area contributed by atoms with E-state index in [9.17, 15) is 13.2 Å². The van der Waals surface area contributed by atoms with Crippen LogP contribution in [-0.2, 0) is 19.6 Å². The molecule has 3 aromatic rings. The molecule has 50 heavy (non-hydrogen) atoms. The zero-order valence-corrected chi connectivity index (χ0v) is 32.6. The lowest BCUT2D eigenvalue weighted by Gasteiger charge is -2.35. The van der Waals surface area contributed by atoms with Crippen molar-refractivity contribution in [2.75, 3.05) is 11.9 Å². The molecule has 0 unspecified atom stereocenters. The molecule has 3 rings (SSSR count). The Hall–Kier alpha value is -2.27. The number of esters is 1. The first kappa shape index (κ1) is 42.1. The fourth-order valence-electron chi connectivity index (χ4n) is 5.96. The third-order valence-electron chi connectivity index (χ3n) is 8.79. The molecule has 1 N–H and O–H groups in total. The zero-order chi connectivity index (χ0) is 36.0. The highest BCUT2D eigenvalue weighted by atomic mass is 79.9. The van der Waals surface area contributed by atoms with Crippen LogP contribution in [0.5, 0.6) is 0 Å². The summed E-state index contributed by atoms with van der Waals surface area (Å²) in [6.07, 6.45) is 21.3. The van der Waals surface area contributed by atoms with Gasteiger partial charge in [-0.25, -0.2) is 4.79 Å². The first-order valence-electron chi connectivity index (χ1n) is 18.3. The summed E-state index contributed by atoms with van der Waals surface area (Å²) in [6, 6.07) is 25.5. The number of hydrogen-bond acceptors (Lipinski definition) is 4. The lowest BCUT2D eigenvalue weighted by molar-refractivity contribution is -0.161. The number of hydrogen-bond donors (Lipinski definition) is 0. The molecule has 0 fully saturated rings. The Bertz CT molecular complexity index is 1350. The summed E-state index contributed by atoms with van der Waals surface area (Å²) in [5.41, 5.74) is 0. The van der Waals surface area contributed by atoms with Crippen molar-refractivity contribution in [1.82, 2.24) is 0 Å². The lowest BCUT2D eigenvalue weighted by atomic mass is 10.0. The molecule has 0 amide bonds. The topological polar surface area (TPSA) is 73.2 Å². The first-order valence-corrected chi connectivity index (χ1v) is 22.5. The van der Waals surface area contributed by atoms with Crippen LogP contribution in [0.1, 0.15) is 116 Å². The third kappa shape index (κ3) is 13.4. The van der Waals surface area contributed by atoms with Gasteiger partial charge < -0.3 is 4.74 Å². The summed E-state index contributed by atoms with van der Waals surface area (Å²) in [4.78, 5) is 13.9. The van der Waals surface area contributed by atoms with Gasteiger partial charge in [0.25, 0.3) is 0 Å². The molecule has 278 valence electrons. The zero-order valence-electron chi connectivity index (χ0n) is 29.3. The highest BCUT2D eigenvalue weighted by Gasteiger charge is 2.63. The average molecular weight is 799 g/mol. The van der Waals surface area contributed by atoms with E-state index in [2.05, 4.69) is 19.6 Å². The van der Waals surface area contributed by atoms with Crippen LogP contribution in [0.25, 0.3) is 0 Å². The molecule has 0 aromatic heterocycles. The van der Waals surface area contributed by atoms with Crippen LogP contribution in [0.15, 0.2) is 106 Å². The highest BCUT2D eigenvalue weighted by molar-refractivity contribution is 9.09. The van der Waals surface area contributed by atoms with Crippen LogP contribution in [0.2, 0.25) is 0 Å². The van der Waals surface area contributed by atoms with E-state index in [1.165, 1.54) is 83.5 Å². The molecule has 5 nitrogen and oxygen atoms in total. The average Bonchev–Trinajstić information content (AvgIpc) is 3.14. The number of halogens is 3. The van der Waals surface area contributed by atoms with Gasteiger partial charge in [0, 0.05) is 5.33 Å². The summed E-state index contributed by atoms with van der Waals surface area (Å²) < 4.78 is 66.6. The van der Waals surface area contributed by atoms with Gasteiger partial charge in [0.05, 0.1) is 31.6 Å². The Morgan fingerprint density at radius 3 is 1.16 bits per heavy atom. The van der Waals surface area contributed by atoms with Crippen molar-refractivity contribution < 1.29 is 30.4 Å². The van der Waals surface area contributed by atoms with E-state index in [-0.39, 0.29) is 6.61 Å². The van der Waals surface area contributed by atoms with Gasteiger partial charge in [0.1, 0.15) is 0 Å². The minimum atomic E-state index is -5.68. The van der Waals surface area contributed by atoms with Crippen molar-refractivity contribution in [3.05, 3.63) is 91.0 Å². The lowest BCUT2D eigenvalue weighted by Crippen LogP contribution is -2.42. The normalized spacial score (nSPS) is 12.5. The van der Waals surface area contributed by atoms with Gasteiger partial charge in [-0.05, 0) is 49.2 Å². The standard InChI is InChI=1S/C40H55BrF2O5S2/c41-34-26-15-13-11-9-7-5-3-1-2-4-6-8-10-12-14-16-27-35-47-39(44)40(42,43)50(45,46)48-49(36-28-20-17-21-29-36,37-30-22-18-23-31-37)38-32-24-19-25-33-38/h17-25,28-33H,1-16,26-27,34-35H2/p+1. The monoisotopic (exact) mass is 797 g/mol. The molecule has 0 spiro atoms. The highest BCUT2D eigenvalue weighted by Crippen LogP contribution is 2.68. The van der Waals surface area contributed by atoms with Gasteiger partial charge >= 0.3 is 21.3 Å². The maximum atomic E-state index is 15.5. The molecule has 0 heterocycles. The number of carbonyl (C=O) groups is 1. The van der Waals surface area contributed by atoms with Crippen LogP contribution in [0.4, 0.5) is 8.78 Å². The molecule has 0 aliphatic rings. The van der Waals surface area contributed by atoms with Crippen LogP contribution in [-0.4, -0.2) is 35.2 Å². The van der Waals surface area contributed by atoms with Crippen molar-refractivity contribution in [2.24, 2.45) is 0 Å². The maximum Gasteiger partial charge on any atom is 0.514 e. The molecule has 10 heteroatoms. The maximum absolute atomic E-state index is 15.5. The van der Waals surface area contributed by atoms with Crippen molar-refractivity contribution in [3.8, 4) is 0 Å². The quantitative estimate of drug-likeness (QED) is 0.0253. The second kappa shape index (κ2) is 23.3. The minimum absolute atomic E-state index is 0.269. The molecule has 0 saturated carbocycles. The summed E-state index contributed by atoms with van der Waals surface area (Å²) in [6.45, 7) is -0.269. The molecule has 0 aliphatic heterocycles. The Morgan fingerprint density at radius 2 is 0.840 bits per heavy atom. The Balaban J connectivity index is 1.39. The summed E-state index contributed by atoms with van der Waals surface area (Å²) in [5.74, 6) is -2.09. The van der Waals surface area contributed by atoms with Crippen LogP contribution in [0.3, 0.4) is 0 Å². The van der Waals surface area contributed by atoms with Crippen molar-refractivity contribution in [3.63, 3.8) is 0 Å². The molecule has 0 aliphatic carbocycles. The van der Waals surface area contributed by atoms with E-state index in [1.807, 2.05) is 0 Å². The van der Waals surface area contributed by atoms with Crippen molar-refractivity contribution >= 4 is 42.3 Å².